The Hall–Kier alpha value is -3.40. The molecular weight excluding hydrogens is 294 g/mol. The summed E-state index contributed by atoms with van der Waals surface area (Å²) in [7, 11) is 0. The quantitative estimate of drug-likeness (QED) is 0.792. The van der Waals surface area contributed by atoms with Gasteiger partial charge in [0.15, 0.2) is 0 Å². The summed E-state index contributed by atoms with van der Waals surface area (Å²) in [6, 6.07) is 15.9. The van der Waals surface area contributed by atoms with Gasteiger partial charge in [0.1, 0.15) is 11.0 Å². The zero-order valence-corrected chi connectivity index (χ0v) is 12.3. The number of anilines is 1. The smallest absolute Gasteiger partial charge is 0.267 e. The van der Waals surface area contributed by atoms with Crippen LogP contribution in [0.15, 0.2) is 48.5 Å². The van der Waals surface area contributed by atoms with E-state index in [0.29, 0.717) is 22.3 Å². The van der Waals surface area contributed by atoms with Crippen LogP contribution in [0.1, 0.15) is 12.5 Å². The molecule has 3 rings (SSSR count). The van der Waals surface area contributed by atoms with Crippen LogP contribution in [0.4, 0.5) is 5.69 Å². The molecule has 0 bridgehead atoms. The number of nitriles is 1. The molecule has 7 heteroatoms. The first-order chi connectivity index (χ1) is 11.2. The Morgan fingerprint density at radius 2 is 2.00 bits per heavy atom. The van der Waals surface area contributed by atoms with Crippen LogP contribution >= 0.6 is 0 Å². The zero-order valence-electron chi connectivity index (χ0n) is 12.3. The summed E-state index contributed by atoms with van der Waals surface area (Å²) in [5, 5.41) is 19.3. The highest BCUT2D eigenvalue weighted by Gasteiger charge is 2.17. The van der Waals surface area contributed by atoms with E-state index in [-0.39, 0.29) is 5.91 Å². The number of nitrogens with zero attached hydrogens (tertiary/aromatic N) is 4. The number of amides is 1. The van der Waals surface area contributed by atoms with Gasteiger partial charge >= 0.3 is 0 Å². The van der Waals surface area contributed by atoms with Gasteiger partial charge in [-0.1, -0.05) is 17.0 Å². The van der Waals surface area contributed by atoms with E-state index in [1.165, 1.54) is 4.85 Å². The maximum atomic E-state index is 12.2. The second-order valence-electron chi connectivity index (χ2n) is 4.88. The van der Waals surface area contributed by atoms with Crippen molar-refractivity contribution in [2.45, 2.75) is 13.0 Å². The van der Waals surface area contributed by atoms with E-state index in [0.717, 1.165) is 0 Å². The molecule has 0 saturated carbocycles. The number of nitrogens with one attached hydrogen (secondary N) is 1. The van der Waals surface area contributed by atoms with Gasteiger partial charge in [-0.3, -0.25) is 4.79 Å². The second-order valence-corrected chi connectivity index (χ2v) is 4.88. The Kier molecular flexibility index (Phi) is 3.89. The van der Waals surface area contributed by atoms with Gasteiger partial charge < -0.3 is 10.2 Å². The van der Waals surface area contributed by atoms with E-state index >= 15 is 0 Å². The Morgan fingerprint density at radius 1 is 1.26 bits per heavy atom. The van der Waals surface area contributed by atoms with Crippen molar-refractivity contribution in [3.8, 4) is 6.07 Å². The summed E-state index contributed by atoms with van der Waals surface area (Å²) in [6.45, 7) is 1.62. The van der Waals surface area contributed by atoms with Crippen LogP contribution in [0.3, 0.4) is 0 Å². The van der Waals surface area contributed by atoms with E-state index in [1.54, 1.807) is 37.3 Å². The van der Waals surface area contributed by atoms with Crippen LogP contribution in [-0.4, -0.2) is 27.2 Å². The van der Waals surface area contributed by atoms with Crippen LogP contribution in [0.2, 0.25) is 0 Å². The van der Waals surface area contributed by atoms with Gasteiger partial charge in [-0.05, 0) is 48.5 Å². The molecule has 1 aromatic heterocycles. The summed E-state index contributed by atoms with van der Waals surface area (Å²) < 4.78 is 0. The van der Waals surface area contributed by atoms with Crippen molar-refractivity contribution < 1.29 is 9.63 Å². The third-order valence-electron chi connectivity index (χ3n) is 3.23. The maximum absolute atomic E-state index is 12.2. The first kappa shape index (κ1) is 14.5. The first-order valence-electron chi connectivity index (χ1n) is 6.96. The average molecular weight is 307 g/mol. The SMILES string of the molecule is CC(On1nnc2ccccc21)C(=O)Nc1ccc(C#N)cc1. The van der Waals surface area contributed by atoms with Crippen LogP contribution in [0.5, 0.6) is 0 Å². The molecule has 0 spiro atoms. The normalized spacial score (nSPS) is 11.7. The van der Waals surface area contributed by atoms with Crippen molar-refractivity contribution in [1.82, 2.24) is 15.2 Å². The number of hydrogen-bond acceptors (Lipinski definition) is 5. The highest BCUT2D eigenvalue weighted by atomic mass is 16.7. The number of rotatable bonds is 4. The molecule has 2 aromatic carbocycles. The molecule has 0 saturated heterocycles. The van der Waals surface area contributed by atoms with Crippen molar-refractivity contribution in [3.05, 3.63) is 54.1 Å². The van der Waals surface area contributed by atoms with Crippen molar-refractivity contribution in [1.29, 1.82) is 5.26 Å². The molecule has 114 valence electrons. The molecule has 1 N–H and O–H groups in total. The largest absolute Gasteiger partial charge is 0.382 e. The van der Waals surface area contributed by atoms with Crippen LogP contribution < -0.4 is 10.2 Å². The predicted octanol–water partition coefficient (Wildman–Crippen LogP) is 1.76. The first-order valence-corrected chi connectivity index (χ1v) is 6.96. The topological polar surface area (TPSA) is 92.8 Å². The molecule has 0 aliphatic carbocycles. The van der Waals surface area contributed by atoms with Gasteiger partial charge in [0.2, 0.25) is 6.10 Å². The summed E-state index contributed by atoms with van der Waals surface area (Å²) in [5.41, 5.74) is 2.49. The Morgan fingerprint density at radius 3 is 2.74 bits per heavy atom. The van der Waals surface area contributed by atoms with Crippen LogP contribution in [-0.2, 0) is 4.79 Å². The van der Waals surface area contributed by atoms with Crippen molar-refractivity contribution in [2.75, 3.05) is 5.32 Å². The molecule has 1 amide bonds. The standard InChI is InChI=1S/C16H13N5O2/c1-11(16(22)18-13-8-6-12(10-17)7-9-13)23-21-15-5-3-2-4-14(15)19-20-21/h2-9,11H,1H3,(H,18,22). The number of carbonyl (C=O) groups is 1. The molecular formula is C16H13N5O2. The zero-order chi connectivity index (χ0) is 16.2. The Balaban J connectivity index is 1.68. The molecule has 0 aliphatic rings. The number of hydrogen-bond donors (Lipinski definition) is 1. The molecule has 23 heavy (non-hydrogen) atoms. The number of para-hydroxylation sites is 1. The fourth-order valence-corrected chi connectivity index (χ4v) is 1.99. The van der Waals surface area contributed by atoms with Gasteiger partial charge in [0, 0.05) is 5.69 Å². The average Bonchev–Trinajstić information content (AvgIpc) is 2.98. The van der Waals surface area contributed by atoms with E-state index in [2.05, 4.69) is 15.6 Å². The summed E-state index contributed by atoms with van der Waals surface area (Å²) in [6.07, 6.45) is -0.768. The Labute approximate surface area is 132 Å². The lowest BCUT2D eigenvalue weighted by Crippen LogP contribution is -2.35. The van der Waals surface area contributed by atoms with Gasteiger partial charge in [0.05, 0.1) is 11.6 Å². The van der Waals surface area contributed by atoms with Crippen molar-refractivity contribution in [3.63, 3.8) is 0 Å². The predicted molar refractivity (Wildman–Crippen MR) is 83.4 cm³/mol. The van der Waals surface area contributed by atoms with Gasteiger partial charge in [-0.2, -0.15) is 5.26 Å². The number of aromatic nitrogens is 3. The minimum absolute atomic E-state index is 0.325. The van der Waals surface area contributed by atoms with Gasteiger partial charge in [-0.25, -0.2) is 0 Å². The van der Waals surface area contributed by atoms with Gasteiger partial charge in [0.25, 0.3) is 5.91 Å². The monoisotopic (exact) mass is 307 g/mol. The van der Waals surface area contributed by atoms with Crippen LogP contribution in [0, 0.1) is 11.3 Å². The van der Waals surface area contributed by atoms with E-state index < -0.39 is 6.10 Å². The summed E-state index contributed by atoms with van der Waals surface area (Å²) in [4.78, 5) is 18.9. The molecule has 0 aliphatic heterocycles. The minimum atomic E-state index is -0.768. The summed E-state index contributed by atoms with van der Waals surface area (Å²) >= 11 is 0. The third-order valence-corrected chi connectivity index (χ3v) is 3.23. The molecule has 0 fully saturated rings. The molecule has 3 aromatic rings. The maximum Gasteiger partial charge on any atom is 0.267 e. The van der Waals surface area contributed by atoms with Gasteiger partial charge in [-0.15, -0.1) is 5.10 Å². The third kappa shape index (κ3) is 3.11. The van der Waals surface area contributed by atoms with Crippen molar-refractivity contribution >= 4 is 22.6 Å². The number of carbonyl (C=O) groups excluding carboxylic acids is 1. The lowest BCUT2D eigenvalue weighted by Gasteiger charge is -2.13. The minimum Gasteiger partial charge on any atom is -0.382 e. The fraction of sp³-hybridized carbons (Fsp3) is 0.125. The molecule has 1 atom stereocenters. The van der Waals surface area contributed by atoms with E-state index in [4.69, 9.17) is 10.1 Å². The van der Waals surface area contributed by atoms with Crippen LogP contribution in [0.25, 0.3) is 11.0 Å². The number of fused-ring (bicyclic) bond motifs is 1. The second kappa shape index (κ2) is 6.15. The summed E-state index contributed by atoms with van der Waals surface area (Å²) in [5.74, 6) is -0.325. The lowest BCUT2D eigenvalue weighted by molar-refractivity contribution is -0.127. The fourth-order valence-electron chi connectivity index (χ4n) is 1.99. The number of benzene rings is 2. The molecule has 1 unspecified atom stereocenters. The molecule has 1 heterocycles. The molecule has 0 radical (unpaired) electrons. The van der Waals surface area contributed by atoms with Crippen molar-refractivity contribution in [2.24, 2.45) is 0 Å². The lowest BCUT2D eigenvalue weighted by atomic mass is 10.2. The highest BCUT2D eigenvalue weighted by Crippen LogP contribution is 2.11. The molecule has 7 nitrogen and oxygen atoms in total. The Bertz CT molecular complexity index is 879. The highest BCUT2D eigenvalue weighted by molar-refractivity contribution is 5.94. The van der Waals surface area contributed by atoms with E-state index in [9.17, 15) is 4.79 Å². The van der Waals surface area contributed by atoms with E-state index in [1.807, 2.05) is 24.3 Å².